The normalized spacial score (nSPS) is 11.1. The Bertz CT molecular complexity index is 933. The van der Waals surface area contributed by atoms with Crippen molar-refractivity contribution in [1.29, 1.82) is 0 Å². The summed E-state index contributed by atoms with van der Waals surface area (Å²) in [6.45, 7) is 0. The van der Waals surface area contributed by atoms with Gasteiger partial charge in [0.05, 0.1) is 5.56 Å². The summed E-state index contributed by atoms with van der Waals surface area (Å²) in [4.78, 5) is 30.0. The molecule has 3 aromatic rings. The highest BCUT2D eigenvalue weighted by Gasteiger charge is 2.24. The first-order valence-electron chi connectivity index (χ1n) is 7.48. The van der Waals surface area contributed by atoms with Crippen molar-refractivity contribution in [1.82, 2.24) is 0 Å². The van der Waals surface area contributed by atoms with Crippen LogP contribution in [0.3, 0.4) is 0 Å². The number of carbonyl (C=O) groups is 1. The highest BCUT2D eigenvalue weighted by atomic mass is 31.2. The van der Waals surface area contributed by atoms with Crippen molar-refractivity contribution in [3.8, 4) is 28.0 Å². The summed E-state index contributed by atoms with van der Waals surface area (Å²) in [5.74, 6) is -0.129. The Labute approximate surface area is 144 Å². The van der Waals surface area contributed by atoms with E-state index in [2.05, 4.69) is 0 Å². The Morgan fingerprint density at radius 3 is 1.88 bits per heavy atom. The Hall–Kier alpha value is -2.72. The van der Waals surface area contributed by atoms with E-state index in [4.69, 9.17) is 4.52 Å². The number of benzene rings is 3. The monoisotopic (exact) mass is 354 g/mol. The van der Waals surface area contributed by atoms with Crippen LogP contribution in [-0.2, 0) is 4.57 Å². The van der Waals surface area contributed by atoms with Crippen molar-refractivity contribution in [2.75, 3.05) is 0 Å². The molecule has 126 valence electrons. The summed E-state index contributed by atoms with van der Waals surface area (Å²) in [7, 11) is -4.85. The molecular weight excluding hydrogens is 339 g/mol. The van der Waals surface area contributed by atoms with Gasteiger partial charge >= 0.3 is 7.82 Å². The van der Waals surface area contributed by atoms with Gasteiger partial charge in [0.25, 0.3) is 0 Å². The Balaban J connectivity index is 2.35. The molecule has 0 heterocycles. The largest absolute Gasteiger partial charge is 0.524 e. The van der Waals surface area contributed by atoms with Crippen molar-refractivity contribution in [3.63, 3.8) is 0 Å². The maximum absolute atomic E-state index is 11.5. The molecule has 0 saturated heterocycles. The molecule has 3 rings (SSSR count). The van der Waals surface area contributed by atoms with Crippen LogP contribution < -0.4 is 4.52 Å². The molecule has 0 unspecified atom stereocenters. The van der Waals surface area contributed by atoms with Crippen LogP contribution in [0.4, 0.5) is 0 Å². The zero-order chi connectivity index (χ0) is 17.9. The molecule has 2 N–H and O–H groups in total. The molecule has 5 nitrogen and oxygen atoms in total. The second-order valence-corrected chi connectivity index (χ2v) is 6.50. The average molecular weight is 354 g/mol. The molecular formula is C19H15O5P. The zero-order valence-electron chi connectivity index (χ0n) is 13.1. The Kier molecular flexibility index (Phi) is 4.81. The standard InChI is InChI=1S/C19H15O5P/c20-13-16-11-12-17(14-7-3-1-4-8-14)18(15-9-5-2-6-10-15)19(16)24-25(21,22)23/h1-13H,(H2,21,22,23). The number of hydrogen-bond acceptors (Lipinski definition) is 3. The predicted octanol–water partition coefficient (Wildman–Crippen LogP) is 4.30. The summed E-state index contributed by atoms with van der Waals surface area (Å²) in [6, 6.07) is 21.6. The fourth-order valence-corrected chi connectivity index (χ4v) is 3.09. The van der Waals surface area contributed by atoms with Crippen molar-refractivity contribution in [3.05, 3.63) is 78.4 Å². The highest BCUT2D eigenvalue weighted by Crippen LogP contribution is 2.47. The van der Waals surface area contributed by atoms with Gasteiger partial charge in [0.1, 0.15) is 5.75 Å². The lowest BCUT2D eigenvalue weighted by molar-refractivity contribution is 0.112. The SMILES string of the molecule is O=Cc1ccc(-c2ccccc2)c(-c2ccccc2)c1OP(=O)(O)O. The van der Waals surface area contributed by atoms with Crippen LogP contribution in [0.1, 0.15) is 10.4 Å². The van der Waals surface area contributed by atoms with Crippen LogP contribution in [0, 0.1) is 0 Å². The number of aldehydes is 1. The third-order valence-corrected chi connectivity index (χ3v) is 4.09. The molecule has 25 heavy (non-hydrogen) atoms. The number of rotatable bonds is 5. The van der Waals surface area contributed by atoms with Crippen LogP contribution in [0.25, 0.3) is 22.3 Å². The predicted molar refractivity (Wildman–Crippen MR) is 95.4 cm³/mol. The van der Waals surface area contributed by atoms with Crippen molar-refractivity contribution in [2.24, 2.45) is 0 Å². The number of hydrogen-bond donors (Lipinski definition) is 2. The molecule has 0 fully saturated rings. The van der Waals surface area contributed by atoms with Crippen LogP contribution in [-0.4, -0.2) is 16.1 Å². The van der Waals surface area contributed by atoms with Gasteiger partial charge < -0.3 is 4.52 Å². The Morgan fingerprint density at radius 2 is 1.36 bits per heavy atom. The summed E-state index contributed by atoms with van der Waals surface area (Å²) in [5, 5.41) is 0. The molecule has 0 aliphatic rings. The molecule has 3 aromatic carbocycles. The van der Waals surface area contributed by atoms with E-state index >= 15 is 0 Å². The summed E-state index contributed by atoms with van der Waals surface area (Å²) in [5.41, 5.74) is 2.77. The van der Waals surface area contributed by atoms with Crippen molar-refractivity contribution < 1.29 is 23.7 Å². The van der Waals surface area contributed by atoms with E-state index in [1.54, 1.807) is 30.3 Å². The van der Waals surface area contributed by atoms with Crippen molar-refractivity contribution in [2.45, 2.75) is 0 Å². The molecule has 0 bridgehead atoms. The van der Waals surface area contributed by atoms with E-state index in [1.807, 2.05) is 36.4 Å². The number of phosphoric ester groups is 1. The van der Waals surface area contributed by atoms with Gasteiger partial charge in [-0.05, 0) is 22.8 Å². The first kappa shape index (κ1) is 17.1. The van der Waals surface area contributed by atoms with Gasteiger partial charge in [0.2, 0.25) is 0 Å². The molecule has 0 saturated carbocycles. The van der Waals surface area contributed by atoms with Crippen molar-refractivity contribution >= 4 is 14.1 Å². The van der Waals surface area contributed by atoms with E-state index in [1.165, 1.54) is 6.07 Å². The molecule has 0 aliphatic heterocycles. The van der Waals surface area contributed by atoms with E-state index in [9.17, 15) is 19.1 Å². The fourth-order valence-electron chi connectivity index (χ4n) is 2.66. The summed E-state index contributed by atoms with van der Waals surface area (Å²) in [6.07, 6.45) is 0.520. The average Bonchev–Trinajstić information content (AvgIpc) is 2.61. The lowest BCUT2D eigenvalue weighted by Crippen LogP contribution is -1.99. The maximum atomic E-state index is 11.5. The van der Waals surface area contributed by atoms with E-state index in [0.29, 0.717) is 23.0 Å². The van der Waals surface area contributed by atoms with Gasteiger partial charge in [-0.15, -0.1) is 0 Å². The van der Waals surface area contributed by atoms with E-state index in [0.717, 1.165) is 5.56 Å². The molecule has 0 atom stereocenters. The lowest BCUT2D eigenvalue weighted by Gasteiger charge is -2.18. The van der Waals surface area contributed by atoms with E-state index in [-0.39, 0.29) is 11.3 Å². The highest BCUT2D eigenvalue weighted by molar-refractivity contribution is 7.46. The van der Waals surface area contributed by atoms with Crippen LogP contribution in [0.15, 0.2) is 72.8 Å². The second kappa shape index (κ2) is 7.03. The molecule has 0 aliphatic carbocycles. The molecule has 6 heteroatoms. The fraction of sp³-hybridized carbons (Fsp3) is 0. The first-order valence-corrected chi connectivity index (χ1v) is 9.01. The topological polar surface area (TPSA) is 83.8 Å². The first-order chi connectivity index (χ1) is 12.0. The van der Waals surface area contributed by atoms with Gasteiger partial charge in [0, 0.05) is 5.56 Å². The summed E-state index contributed by atoms with van der Waals surface area (Å²) < 4.78 is 16.4. The quantitative estimate of drug-likeness (QED) is 0.527. The Morgan fingerprint density at radius 1 is 0.800 bits per heavy atom. The van der Waals surface area contributed by atoms with E-state index < -0.39 is 7.82 Å². The lowest BCUT2D eigenvalue weighted by atomic mass is 9.92. The third kappa shape index (κ3) is 3.86. The van der Waals surface area contributed by atoms with Gasteiger partial charge in [-0.1, -0.05) is 66.7 Å². The second-order valence-electron chi connectivity index (χ2n) is 5.34. The molecule has 0 aromatic heterocycles. The number of phosphoric acid groups is 1. The zero-order valence-corrected chi connectivity index (χ0v) is 14.0. The molecule has 0 spiro atoms. The minimum absolute atomic E-state index is 0.0712. The van der Waals surface area contributed by atoms with Crippen LogP contribution in [0.5, 0.6) is 5.75 Å². The van der Waals surface area contributed by atoms with Gasteiger partial charge in [0.15, 0.2) is 6.29 Å². The minimum atomic E-state index is -4.85. The third-order valence-electron chi connectivity index (χ3n) is 3.67. The smallest absolute Gasteiger partial charge is 0.403 e. The van der Waals surface area contributed by atoms with Gasteiger partial charge in [-0.25, -0.2) is 4.57 Å². The minimum Gasteiger partial charge on any atom is -0.403 e. The van der Waals surface area contributed by atoms with Gasteiger partial charge in [-0.2, -0.15) is 0 Å². The molecule has 0 amide bonds. The van der Waals surface area contributed by atoms with Crippen LogP contribution in [0.2, 0.25) is 0 Å². The maximum Gasteiger partial charge on any atom is 0.524 e. The summed E-state index contributed by atoms with van der Waals surface area (Å²) >= 11 is 0. The molecule has 0 radical (unpaired) electrons. The number of carbonyl (C=O) groups excluding carboxylic acids is 1. The van der Waals surface area contributed by atoms with Gasteiger partial charge in [-0.3, -0.25) is 14.6 Å². The van der Waals surface area contributed by atoms with Crippen LogP contribution >= 0.6 is 7.82 Å².